The molecule has 1 aromatic carbocycles. The normalized spacial score (nSPS) is 10.9. The van der Waals surface area contributed by atoms with Crippen LogP contribution in [0.25, 0.3) is 0 Å². The lowest BCUT2D eigenvalue weighted by molar-refractivity contribution is 0.0963. The second kappa shape index (κ2) is 8.09. The fourth-order valence-electron chi connectivity index (χ4n) is 2.77. The fourth-order valence-corrected chi connectivity index (χ4v) is 2.77. The van der Waals surface area contributed by atoms with E-state index in [0.29, 0.717) is 22.9 Å². The molecule has 6 nitrogen and oxygen atoms in total. The summed E-state index contributed by atoms with van der Waals surface area (Å²) >= 11 is 0. The summed E-state index contributed by atoms with van der Waals surface area (Å²) in [5.74, 6) is 3.63. The maximum Gasteiger partial charge on any atom is 0.251 e. The van der Waals surface area contributed by atoms with Crippen molar-refractivity contribution in [2.24, 2.45) is 5.41 Å². The molecule has 0 spiro atoms. The molecule has 0 aliphatic rings. The Labute approximate surface area is 161 Å². The predicted molar refractivity (Wildman–Crippen MR) is 111 cm³/mol. The molecule has 0 atom stereocenters. The van der Waals surface area contributed by atoms with E-state index in [1.807, 2.05) is 24.9 Å². The van der Waals surface area contributed by atoms with Crippen LogP contribution in [0.4, 0.5) is 17.5 Å². The Balaban J connectivity index is 2.37. The van der Waals surface area contributed by atoms with Crippen molar-refractivity contribution in [3.63, 3.8) is 0 Å². The van der Waals surface area contributed by atoms with Crippen molar-refractivity contribution in [1.29, 1.82) is 0 Å². The number of amides is 1. The SMILES string of the molecule is C#Cc1cnc(Nc2cc(C(=O)NC)ccc2C)nc1N(C)CC(C)(C)C. The summed E-state index contributed by atoms with van der Waals surface area (Å²) in [5, 5.41) is 5.83. The fraction of sp³-hybridized carbons (Fsp3) is 0.381. The maximum atomic E-state index is 11.9. The van der Waals surface area contributed by atoms with Crippen LogP contribution in [0.1, 0.15) is 42.3 Å². The third-order valence-electron chi connectivity index (χ3n) is 3.97. The van der Waals surface area contributed by atoms with E-state index in [1.165, 1.54) is 0 Å². The number of carbonyl (C=O) groups is 1. The summed E-state index contributed by atoms with van der Waals surface area (Å²) in [4.78, 5) is 22.9. The molecule has 1 heterocycles. The minimum atomic E-state index is -0.146. The summed E-state index contributed by atoms with van der Waals surface area (Å²) in [5.41, 5.74) is 3.06. The van der Waals surface area contributed by atoms with Crippen LogP contribution in [0.5, 0.6) is 0 Å². The van der Waals surface area contributed by atoms with Gasteiger partial charge in [-0.15, -0.1) is 6.42 Å². The Bertz CT molecular complexity index is 877. The van der Waals surface area contributed by atoms with Crippen LogP contribution in [0.15, 0.2) is 24.4 Å². The van der Waals surface area contributed by atoms with Gasteiger partial charge in [0.2, 0.25) is 5.95 Å². The second-order valence-electron chi connectivity index (χ2n) is 7.73. The highest BCUT2D eigenvalue weighted by Gasteiger charge is 2.18. The van der Waals surface area contributed by atoms with Crippen LogP contribution >= 0.6 is 0 Å². The highest BCUT2D eigenvalue weighted by Crippen LogP contribution is 2.25. The molecule has 0 aliphatic heterocycles. The molecule has 0 saturated carbocycles. The van der Waals surface area contributed by atoms with Gasteiger partial charge < -0.3 is 15.5 Å². The summed E-state index contributed by atoms with van der Waals surface area (Å²) in [6.45, 7) is 9.23. The van der Waals surface area contributed by atoms with Gasteiger partial charge >= 0.3 is 0 Å². The van der Waals surface area contributed by atoms with Crippen LogP contribution in [0, 0.1) is 24.7 Å². The Morgan fingerprint density at radius 2 is 2.04 bits per heavy atom. The predicted octanol–water partition coefficient (Wildman–Crippen LogP) is 3.35. The van der Waals surface area contributed by atoms with E-state index >= 15 is 0 Å². The van der Waals surface area contributed by atoms with Gasteiger partial charge in [0.25, 0.3) is 5.91 Å². The first-order valence-corrected chi connectivity index (χ1v) is 8.79. The zero-order chi connectivity index (χ0) is 20.2. The van der Waals surface area contributed by atoms with E-state index < -0.39 is 0 Å². The highest BCUT2D eigenvalue weighted by atomic mass is 16.1. The standard InChI is InChI=1S/C21H27N5O/c1-8-15-12-23-20(25-18(15)26(7)13-21(3,4)5)24-17-11-16(19(27)22-6)10-9-14(17)2/h1,9-12H,13H2,2-7H3,(H,22,27)(H,23,24,25). The van der Waals surface area contributed by atoms with Crippen molar-refractivity contribution >= 4 is 23.4 Å². The van der Waals surface area contributed by atoms with Crippen LogP contribution < -0.4 is 15.5 Å². The third kappa shape index (κ3) is 5.20. The number of rotatable bonds is 5. The van der Waals surface area contributed by atoms with Crippen molar-refractivity contribution in [3.05, 3.63) is 41.1 Å². The van der Waals surface area contributed by atoms with Gasteiger partial charge in [0.15, 0.2) is 0 Å². The van der Waals surface area contributed by atoms with Crippen LogP contribution in [0.3, 0.4) is 0 Å². The van der Waals surface area contributed by atoms with E-state index in [2.05, 4.69) is 47.3 Å². The van der Waals surface area contributed by atoms with E-state index in [-0.39, 0.29) is 11.3 Å². The molecular weight excluding hydrogens is 338 g/mol. The van der Waals surface area contributed by atoms with E-state index in [9.17, 15) is 4.79 Å². The lowest BCUT2D eigenvalue weighted by Gasteiger charge is -2.28. The van der Waals surface area contributed by atoms with Gasteiger partial charge in [-0.05, 0) is 30.0 Å². The van der Waals surface area contributed by atoms with Crippen molar-refractivity contribution in [3.8, 4) is 12.3 Å². The quantitative estimate of drug-likeness (QED) is 0.795. The molecule has 2 aromatic rings. The van der Waals surface area contributed by atoms with Crippen LogP contribution in [-0.4, -0.2) is 36.5 Å². The molecule has 2 rings (SSSR count). The summed E-state index contributed by atoms with van der Waals surface area (Å²) in [7, 11) is 3.57. The Kier molecular flexibility index (Phi) is 6.06. The van der Waals surface area contributed by atoms with E-state index in [4.69, 9.17) is 6.42 Å². The Hall–Kier alpha value is -3.07. The van der Waals surface area contributed by atoms with Gasteiger partial charge in [-0.2, -0.15) is 4.98 Å². The largest absolute Gasteiger partial charge is 0.358 e. The number of carbonyl (C=O) groups excluding carboxylic acids is 1. The average molecular weight is 365 g/mol. The van der Waals surface area contributed by atoms with Gasteiger partial charge in [-0.25, -0.2) is 4.98 Å². The number of nitrogens with one attached hydrogen (secondary N) is 2. The second-order valence-corrected chi connectivity index (χ2v) is 7.73. The smallest absolute Gasteiger partial charge is 0.251 e. The monoisotopic (exact) mass is 365 g/mol. The van der Waals surface area contributed by atoms with Gasteiger partial charge in [0, 0.05) is 31.9 Å². The van der Waals surface area contributed by atoms with E-state index in [0.717, 1.165) is 17.8 Å². The highest BCUT2D eigenvalue weighted by molar-refractivity contribution is 5.95. The maximum absolute atomic E-state index is 11.9. The van der Waals surface area contributed by atoms with Crippen LogP contribution in [-0.2, 0) is 0 Å². The molecule has 2 N–H and O–H groups in total. The molecule has 27 heavy (non-hydrogen) atoms. The number of hydrogen-bond acceptors (Lipinski definition) is 5. The number of anilines is 3. The van der Waals surface area contributed by atoms with Crippen LogP contribution in [0.2, 0.25) is 0 Å². The lowest BCUT2D eigenvalue weighted by Crippen LogP contribution is -2.30. The average Bonchev–Trinajstić information content (AvgIpc) is 2.61. The van der Waals surface area contributed by atoms with Crippen molar-refractivity contribution < 1.29 is 4.79 Å². The number of nitrogens with zero attached hydrogens (tertiary/aromatic N) is 3. The molecule has 0 bridgehead atoms. The summed E-state index contributed by atoms with van der Waals surface area (Å²) in [6.07, 6.45) is 7.27. The zero-order valence-electron chi connectivity index (χ0n) is 16.8. The first kappa shape index (κ1) is 20.2. The van der Waals surface area contributed by atoms with Gasteiger partial charge in [-0.1, -0.05) is 32.8 Å². The summed E-state index contributed by atoms with van der Waals surface area (Å²) in [6, 6.07) is 5.45. The molecule has 0 fully saturated rings. The zero-order valence-corrected chi connectivity index (χ0v) is 16.8. The number of benzene rings is 1. The van der Waals surface area contributed by atoms with Gasteiger partial charge in [-0.3, -0.25) is 4.79 Å². The van der Waals surface area contributed by atoms with E-state index in [1.54, 1.807) is 25.4 Å². The molecule has 0 unspecified atom stereocenters. The molecule has 142 valence electrons. The Morgan fingerprint density at radius 3 is 2.63 bits per heavy atom. The molecule has 0 aliphatic carbocycles. The molecule has 1 aromatic heterocycles. The van der Waals surface area contributed by atoms with Crippen molar-refractivity contribution in [2.45, 2.75) is 27.7 Å². The number of aromatic nitrogens is 2. The molecule has 6 heteroatoms. The first-order valence-electron chi connectivity index (χ1n) is 8.79. The van der Waals surface area contributed by atoms with Gasteiger partial charge in [0.05, 0.1) is 11.8 Å². The molecule has 0 saturated heterocycles. The first-order chi connectivity index (χ1) is 12.6. The lowest BCUT2D eigenvalue weighted by atomic mass is 9.96. The van der Waals surface area contributed by atoms with Crippen molar-refractivity contribution in [2.75, 3.05) is 30.9 Å². The topological polar surface area (TPSA) is 70.1 Å². The third-order valence-corrected chi connectivity index (χ3v) is 3.97. The summed E-state index contributed by atoms with van der Waals surface area (Å²) < 4.78 is 0. The molecule has 0 radical (unpaired) electrons. The minimum absolute atomic E-state index is 0.0948. The van der Waals surface area contributed by atoms with Crippen molar-refractivity contribution in [1.82, 2.24) is 15.3 Å². The number of terminal acetylenes is 1. The minimum Gasteiger partial charge on any atom is -0.358 e. The Morgan fingerprint density at radius 1 is 1.33 bits per heavy atom. The number of aryl methyl sites for hydroxylation is 1. The van der Waals surface area contributed by atoms with Gasteiger partial charge in [0.1, 0.15) is 5.82 Å². The number of hydrogen-bond donors (Lipinski definition) is 2. The molecule has 1 amide bonds. The molecular formula is C21H27N5O.